The topological polar surface area (TPSA) is 0 Å². The molecule has 0 saturated carbocycles. The summed E-state index contributed by atoms with van der Waals surface area (Å²) in [5.41, 5.74) is 4.36. The summed E-state index contributed by atoms with van der Waals surface area (Å²) in [6.07, 6.45) is 10.1. The molecule has 1 aromatic carbocycles. The molecule has 14 heavy (non-hydrogen) atoms. The number of hydrogen-bond acceptors (Lipinski definition) is 0. The predicted molar refractivity (Wildman–Crippen MR) is 59.1 cm³/mol. The lowest BCUT2D eigenvalue weighted by Crippen LogP contribution is -1.95. The van der Waals surface area contributed by atoms with Crippen LogP contribution in [-0.4, -0.2) is 0 Å². The van der Waals surface area contributed by atoms with Crippen LogP contribution in [0.25, 0.3) is 0 Å². The molecule has 0 aromatic heterocycles. The fraction of sp³-hybridized carbons (Fsp3) is 0.143. The summed E-state index contributed by atoms with van der Waals surface area (Å²) in [6.45, 7) is 0. The second-order valence-electron chi connectivity index (χ2n) is 3.84. The van der Waals surface area contributed by atoms with Gasteiger partial charge in [0.25, 0.3) is 0 Å². The van der Waals surface area contributed by atoms with Gasteiger partial charge in [0.15, 0.2) is 0 Å². The van der Waals surface area contributed by atoms with Gasteiger partial charge in [0, 0.05) is 5.92 Å². The van der Waals surface area contributed by atoms with E-state index in [1.165, 1.54) is 16.7 Å². The molecule has 1 atom stereocenters. The van der Waals surface area contributed by atoms with E-state index in [0.29, 0.717) is 5.92 Å². The molecule has 0 fully saturated rings. The molecule has 0 aliphatic heterocycles. The van der Waals surface area contributed by atoms with Gasteiger partial charge < -0.3 is 0 Å². The summed E-state index contributed by atoms with van der Waals surface area (Å²) in [7, 11) is 0. The fourth-order valence-electron chi connectivity index (χ4n) is 2.32. The molecule has 1 aromatic rings. The van der Waals surface area contributed by atoms with Crippen molar-refractivity contribution in [1.29, 1.82) is 0 Å². The molecule has 0 N–H and O–H groups in total. The van der Waals surface area contributed by atoms with Crippen LogP contribution >= 0.6 is 0 Å². The minimum atomic E-state index is 0.598. The van der Waals surface area contributed by atoms with Crippen LogP contribution in [0.5, 0.6) is 0 Å². The number of allylic oxidation sites excluding steroid dienone is 6. The fourth-order valence-corrected chi connectivity index (χ4v) is 2.32. The van der Waals surface area contributed by atoms with Crippen molar-refractivity contribution in [1.82, 2.24) is 0 Å². The maximum atomic E-state index is 2.34. The SMILES string of the molecule is C1=CC2=CC[C@H](c3ccccc3)C2=C1. The van der Waals surface area contributed by atoms with E-state index >= 15 is 0 Å². The van der Waals surface area contributed by atoms with Crippen molar-refractivity contribution in [3.05, 3.63) is 71.3 Å². The molecule has 3 rings (SSSR count). The summed E-state index contributed by atoms with van der Waals surface area (Å²) in [5.74, 6) is 0.598. The highest BCUT2D eigenvalue weighted by molar-refractivity contribution is 5.57. The smallest absolute Gasteiger partial charge is 0.0130 e. The van der Waals surface area contributed by atoms with E-state index in [0.717, 1.165) is 6.42 Å². The van der Waals surface area contributed by atoms with Gasteiger partial charge in [-0.15, -0.1) is 0 Å². The van der Waals surface area contributed by atoms with Crippen molar-refractivity contribution in [2.75, 3.05) is 0 Å². The average Bonchev–Trinajstić information content (AvgIpc) is 2.79. The highest BCUT2D eigenvalue weighted by Gasteiger charge is 2.24. The minimum absolute atomic E-state index is 0.598. The van der Waals surface area contributed by atoms with Crippen molar-refractivity contribution in [2.24, 2.45) is 0 Å². The van der Waals surface area contributed by atoms with Gasteiger partial charge in [-0.1, -0.05) is 54.6 Å². The Balaban J connectivity index is 1.98. The maximum Gasteiger partial charge on any atom is 0.0130 e. The van der Waals surface area contributed by atoms with Crippen LogP contribution in [0.15, 0.2) is 65.8 Å². The Morgan fingerprint density at radius 3 is 2.79 bits per heavy atom. The van der Waals surface area contributed by atoms with Crippen molar-refractivity contribution >= 4 is 0 Å². The second-order valence-corrected chi connectivity index (χ2v) is 3.84. The molecule has 0 radical (unpaired) electrons. The first-order valence-corrected chi connectivity index (χ1v) is 5.09. The predicted octanol–water partition coefficient (Wildman–Crippen LogP) is 3.60. The maximum absolute atomic E-state index is 2.34. The zero-order chi connectivity index (χ0) is 9.38. The van der Waals surface area contributed by atoms with E-state index in [-0.39, 0.29) is 0 Å². The van der Waals surface area contributed by atoms with Gasteiger partial charge in [-0.05, 0) is 23.1 Å². The molecule has 0 amide bonds. The summed E-state index contributed by atoms with van der Waals surface area (Å²) in [6, 6.07) is 10.8. The number of rotatable bonds is 1. The van der Waals surface area contributed by atoms with E-state index < -0.39 is 0 Å². The summed E-state index contributed by atoms with van der Waals surface area (Å²) in [4.78, 5) is 0. The summed E-state index contributed by atoms with van der Waals surface area (Å²) in [5, 5.41) is 0. The highest BCUT2D eigenvalue weighted by Crippen LogP contribution is 2.41. The van der Waals surface area contributed by atoms with E-state index in [9.17, 15) is 0 Å². The van der Waals surface area contributed by atoms with Crippen LogP contribution < -0.4 is 0 Å². The number of benzene rings is 1. The van der Waals surface area contributed by atoms with Gasteiger partial charge in [-0.3, -0.25) is 0 Å². The third kappa shape index (κ3) is 1.07. The van der Waals surface area contributed by atoms with Crippen LogP contribution in [0.1, 0.15) is 17.9 Å². The summed E-state index contributed by atoms with van der Waals surface area (Å²) >= 11 is 0. The molecule has 68 valence electrons. The zero-order valence-electron chi connectivity index (χ0n) is 7.98. The minimum Gasteiger partial charge on any atom is -0.0760 e. The Morgan fingerprint density at radius 2 is 1.93 bits per heavy atom. The molecule has 0 heterocycles. The molecule has 2 aliphatic rings. The van der Waals surface area contributed by atoms with Crippen molar-refractivity contribution in [3.63, 3.8) is 0 Å². The molecule has 0 spiro atoms. The van der Waals surface area contributed by atoms with Gasteiger partial charge in [-0.25, -0.2) is 0 Å². The average molecular weight is 180 g/mol. The first-order valence-electron chi connectivity index (χ1n) is 5.09. The van der Waals surface area contributed by atoms with E-state index in [4.69, 9.17) is 0 Å². The molecular formula is C14H12. The van der Waals surface area contributed by atoms with Crippen LogP contribution in [-0.2, 0) is 0 Å². The quantitative estimate of drug-likeness (QED) is 0.619. The standard InChI is InChI=1S/C14H12/c1-2-5-11(6-3-1)14-10-9-12-7-4-8-13(12)14/h1-9,14H,10H2/t14-/m1/s1. The molecule has 0 bridgehead atoms. The van der Waals surface area contributed by atoms with Crippen LogP contribution in [0.3, 0.4) is 0 Å². The molecule has 0 saturated heterocycles. The normalized spacial score (nSPS) is 23.3. The van der Waals surface area contributed by atoms with Gasteiger partial charge in [0.2, 0.25) is 0 Å². The Labute approximate surface area is 84.3 Å². The van der Waals surface area contributed by atoms with Crippen LogP contribution in [0.4, 0.5) is 0 Å². The van der Waals surface area contributed by atoms with Crippen molar-refractivity contribution in [3.8, 4) is 0 Å². The first kappa shape index (κ1) is 7.81. The molecule has 0 heteroatoms. The van der Waals surface area contributed by atoms with Gasteiger partial charge >= 0.3 is 0 Å². The second kappa shape index (κ2) is 2.98. The van der Waals surface area contributed by atoms with Gasteiger partial charge in [-0.2, -0.15) is 0 Å². The third-order valence-corrected chi connectivity index (χ3v) is 3.04. The van der Waals surface area contributed by atoms with E-state index in [2.05, 4.69) is 54.6 Å². The highest BCUT2D eigenvalue weighted by atomic mass is 14.3. The molecular weight excluding hydrogens is 168 g/mol. The van der Waals surface area contributed by atoms with Crippen molar-refractivity contribution < 1.29 is 0 Å². The van der Waals surface area contributed by atoms with Crippen LogP contribution in [0, 0.1) is 0 Å². The van der Waals surface area contributed by atoms with E-state index in [1.54, 1.807) is 0 Å². The first-order chi connectivity index (χ1) is 6.95. The molecule has 0 unspecified atom stereocenters. The Bertz CT molecular complexity index is 432. The number of fused-ring (bicyclic) bond motifs is 1. The lowest BCUT2D eigenvalue weighted by molar-refractivity contribution is 0.864. The Kier molecular flexibility index (Phi) is 1.66. The van der Waals surface area contributed by atoms with Crippen molar-refractivity contribution in [2.45, 2.75) is 12.3 Å². The summed E-state index contributed by atoms with van der Waals surface area (Å²) < 4.78 is 0. The Hall–Kier alpha value is -1.56. The van der Waals surface area contributed by atoms with Gasteiger partial charge in [0.1, 0.15) is 0 Å². The zero-order valence-corrected chi connectivity index (χ0v) is 7.98. The van der Waals surface area contributed by atoms with Crippen LogP contribution in [0.2, 0.25) is 0 Å². The molecule has 2 aliphatic carbocycles. The van der Waals surface area contributed by atoms with Gasteiger partial charge in [0.05, 0.1) is 0 Å². The largest absolute Gasteiger partial charge is 0.0760 e. The Morgan fingerprint density at radius 1 is 1.07 bits per heavy atom. The lowest BCUT2D eigenvalue weighted by Gasteiger charge is -2.12. The monoisotopic (exact) mass is 180 g/mol. The molecule has 0 nitrogen and oxygen atoms in total. The van der Waals surface area contributed by atoms with E-state index in [1.807, 2.05) is 0 Å². The lowest BCUT2D eigenvalue weighted by atomic mass is 9.92. The third-order valence-electron chi connectivity index (χ3n) is 3.04. The number of hydrogen-bond donors (Lipinski definition) is 0.